The molecule has 0 spiro atoms. The number of hydrogen-bond acceptors (Lipinski definition) is 4. The van der Waals surface area contributed by atoms with Crippen molar-refractivity contribution in [1.29, 1.82) is 0 Å². The highest BCUT2D eigenvalue weighted by Gasteiger charge is 2.56. The highest BCUT2D eigenvalue weighted by molar-refractivity contribution is 6.35. The zero-order valence-electron chi connectivity index (χ0n) is 24.3. The quantitative estimate of drug-likeness (QED) is 0.275. The molecule has 3 N–H and O–H groups in total. The minimum Gasteiger partial charge on any atom is -0.372 e. The lowest BCUT2D eigenvalue weighted by Crippen LogP contribution is -2.57. The number of nitrogens with zero attached hydrogens (tertiary/aromatic N) is 3. The SMILES string of the molecule is C[C@@H]1[C@@H](N=C(Nc2ccc3c(c2)NCN(CCc2ccc(Cl)cc2Cl)C3)N2CCN[C@@H](C)C2)C[C@H]2C[C@@H]1C2(C)C. The topological polar surface area (TPSA) is 54.9 Å². The molecule has 5 aliphatic rings. The molecule has 2 heterocycles. The highest BCUT2D eigenvalue weighted by atomic mass is 35.5. The third kappa shape index (κ3) is 5.70. The van der Waals surface area contributed by atoms with E-state index in [1.165, 1.54) is 24.1 Å². The van der Waals surface area contributed by atoms with E-state index in [9.17, 15) is 0 Å². The predicted molar refractivity (Wildman–Crippen MR) is 169 cm³/mol. The Morgan fingerprint density at radius 2 is 1.98 bits per heavy atom. The van der Waals surface area contributed by atoms with E-state index >= 15 is 0 Å². The lowest BCUT2D eigenvalue weighted by atomic mass is 9.45. The normalized spacial score (nSPS) is 29.8. The van der Waals surface area contributed by atoms with Crippen LogP contribution in [0, 0.1) is 23.2 Å². The zero-order valence-corrected chi connectivity index (χ0v) is 25.8. The van der Waals surface area contributed by atoms with Crippen molar-refractivity contribution in [3.63, 3.8) is 0 Å². The lowest BCUT2D eigenvalue weighted by Gasteiger charge is -2.61. The third-order valence-electron chi connectivity index (χ3n) is 10.2. The minimum absolute atomic E-state index is 0.392. The number of piperazine rings is 1. The monoisotopic (exact) mass is 582 g/mol. The van der Waals surface area contributed by atoms with Crippen LogP contribution in [0.3, 0.4) is 0 Å². The maximum absolute atomic E-state index is 6.40. The second-order valence-corrected chi connectivity index (χ2v) is 14.0. The first kappa shape index (κ1) is 28.1. The minimum atomic E-state index is 0.392. The molecule has 2 aliphatic heterocycles. The fourth-order valence-corrected chi connectivity index (χ4v) is 8.01. The molecule has 5 atom stereocenters. The van der Waals surface area contributed by atoms with Gasteiger partial charge < -0.3 is 20.9 Å². The van der Waals surface area contributed by atoms with Crippen molar-refractivity contribution in [2.24, 2.45) is 28.2 Å². The first-order valence-electron chi connectivity index (χ1n) is 15.0. The van der Waals surface area contributed by atoms with Gasteiger partial charge in [-0.05, 0) is 84.7 Å². The smallest absolute Gasteiger partial charge is 0.198 e. The van der Waals surface area contributed by atoms with Gasteiger partial charge in [0.25, 0.3) is 0 Å². The van der Waals surface area contributed by atoms with Crippen molar-refractivity contribution in [1.82, 2.24) is 15.1 Å². The van der Waals surface area contributed by atoms with Gasteiger partial charge >= 0.3 is 0 Å². The molecule has 6 nitrogen and oxygen atoms in total. The first-order chi connectivity index (χ1) is 19.2. The maximum Gasteiger partial charge on any atom is 0.198 e. The zero-order chi connectivity index (χ0) is 28.0. The molecule has 3 saturated carbocycles. The molecule has 4 fully saturated rings. The molecule has 216 valence electrons. The standard InChI is InChI=1S/C32H44Cl2N6/c1-20-17-40(12-10-35-20)31(38-29-14-24-13-27(21(29)2)32(24,3)4)37-26-8-6-23-18-39(19-36-30(23)16-26)11-9-22-5-7-25(33)15-28(22)34/h5-8,15-16,20-21,24,27,29,35-36H,9-14,17-19H2,1-4H3,(H,37,38)/t20-,21-,24+,27-,29-/m0/s1. The Kier molecular flexibility index (Phi) is 7.99. The van der Waals surface area contributed by atoms with E-state index in [0.29, 0.717) is 28.4 Å². The van der Waals surface area contributed by atoms with Gasteiger partial charge in [0.05, 0.1) is 12.7 Å². The summed E-state index contributed by atoms with van der Waals surface area (Å²) in [7, 11) is 0. The summed E-state index contributed by atoms with van der Waals surface area (Å²) >= 11 is 12.5. The molecule has 2 aromatic carbocycles. The first-order valence-corrected chi connectivity index (χ1v) is 15.8. The van der Waals surface area contributed by atoms with E-state index in [0.717, 1.165) is 79.9 Å². The second kappa shape index (κ2) is 11.4. The van der Waals surface area contributed by atoms with Crippen LogP contribution >= 0.6 is 23.2 Å². The van der Waals surface area contributed by atoms with Gasteiger partial charge in [-0.3, -0.25) is 4.90 Å². The number of aliphatic imine (C=N–C) groups is 1. The number of fused-ring (bicyclic) bond motifs is 3. The second-order valence-electron chi connectivity index (χ2n) is 13.1. The molecule has 2 aromatic rings. The fourth-order valence-electron chi connectivity index (χ4n) is 7.51. The molecule has 8 heteroatoms. The van der Waals surface area contributed by atoms with Crippen molar-refractivity contribution in [2.75, 3.05) is 43.5 Å². The number of rotatable bonds is 5. The van der Waals surface area contributed by atoms with Crippen molar-refractivity contribution >= 4 is 40.5 Å². The highest BCUT2D eigenvalue weighted by Crippen LogP contribution is 2.61. The predicted octanol–water partition coefficient (Wildman–Crippen LogP) is 6.55. The van der Waals surface area contributed by atoms with Crippen LogP contribution in [0.4, 0.5) is 11.4 Å². The van der Waals surface area contributed by atoms with Gasteiger partial charge in [-0.15, -0.1) is 0 Å². The van der Waals surface area contributed by atoms with E-state index in [4.69, 9.17) is 28.2 Å². The van der Waals surface area contributed by atoms with Crippen molar-refractivity contribution in [3.05, 3.63) is 57.6 Å². The summed E-state index contributed by atoms with van der Waals surface area (Å²) in [6.45, 7) is 15.2. The van der Waals surface area contributed by atoms with E-state index in [-0.39, 0.29) is 0 Å². The summed E-state index contributed by atoms with van der Waals surface area (Å²) in [6, 6.07) is 13.3. The Labute approximate surface area is 249 Å². The average Bonchev–Trinajstić information content (AvgIpc) is 2.92. The number of anilines is 2. The maximum atomic E-state index is 6.40. The number of halogens is 2. The Bertz CT molecular complexity index is 1260. The number of benzene rings is 2. The molecular weight excluding hydrogens is 539 g/mol. The molecule has 0 unspecified atom stereocenters. The Balaban J connectivity index is 1.15. The molecule has 7 rings (SSSR count). The van der Waals surface area contributed by atoms with Gasteiger partial charge in [-0.2, -0.15) is 0 Å². The molecule has 2 bridgehead atoms. The third-order valence-corrected chi connectivity index (χ3v) is 10.8. The molecular formula is C32H44Cl2N6. The Hall–Kier alpha value is -1.99. The molecule has 40 heavy (non-hydrogen) atoms. The molecule has 0 amide bonds. The fraction of sp³-hybridized carbons (Fsp3) is 0.594. The summed E-state index contributed by atoms with van der Waals surface area (Å²) < 4.78 is 0. The Morgan fingerprint density at radius 3 is 2.73 bits per heavy atom. The van der Waals surface area contributed by atoms with Gasteiger partial charge in [0.1, 0.15) is 0 Å². The van der Waals surface area contributed by atoms with Gasteiger partial charge in [0, 0.05) is 60.2 Å². The van der Waals surface area contributed by atoms with Crippen LogP contribution in [0.25, 0.3) is 0 Å². The van der Waals surface area contributed by atoms with E-state index < -0.39 is 0 Å². The van der Waals surface area contributed by atoms with E-state index in [1.807, 2.05) is 18.2 Å². The van der Waals surface area contributed by atoms with Crippen LogP contribution in [-0.2, 0) is 13.0 Å². The van der Waals surface area contributed by atoms with Crippen molar-refractivity contribution in [3.8, 4) is 0 Å². The average molecular weight is 584 g/mol. The molecule has 3 aliphatic carbocycles. The van der Waals surface area contributed by atoms with Gasteiger partial charge in [-0.25, -0.2) is 4.99 Å². The summed E-state index contributed by atoms with van der Waals surface area (Å²) in [5, 5.41) is 12.4. The van der Waals surface area contributed by atoms with Crippen LogP contribution in [0.15, 0.2) is 41.4 Å². The number of guanidine groups is 1. The summed E-state index contributed by atoms with van der Waals surface area (Å²) in [4.78, 5) is 10.3. The molecule has 0 radical (unpaired) electrons. The lowest BCUT2D eigenvalue weighted by molar-refractivity contribution is -0.108. The molecule has 1 saturated heterocycles. The summed E-state index contributed by atoms with van der Waals surface area (Å²) in [6.07, 6.45) is 3.49. The van der Waals surface area contributed by atoms with Gasteiger partial charge in [0.15, 0.2) is 5.96 Å². The van der Waals surface area contributed by atoms with Gasteiger partial charge in [-0.1, -0.05) is 56.1 Å². The van der Waals surface area contributed by atoms with Crippen molar-refractivity contribution < 1.29 is 0 Å². The summed E-state index contributed by atoms with van der Waals surface area (Å²) in [5.74, 6) is 3.25. The molecule has 0 aromatic heterocycles. The van der Waals surface area contributed by atoms with Gasteiger partial charge in [0.2, 0.25) is 0 Å². The van der Waals surface area contributed by atoms with Crippen molar-refractivity contribution in [2.45, 2.75) is 65.6 Å². The summed E-state index contributed by atoms with van der Waals surface area (Å²) in [5.41, 5.74) is 5.23. The van der Waals surface area contributed by atoms with Crippen LogP contribution < -0.4 is 16.0 Å². The van der Waals surface area contributed by atoms with Crippen LogP contribution in [0.1, 0.15) is 51.7 Å². The van der Waals surface area contributed by atoms with Crippen LogP contribution in [0.2, 0.25) is 10.0 Å². The number of hydrogen-bond donors (Lipinski definition) is 3. The largest absolute Gasteiger partial charge is 0.372 e. The van der Waals surface area contributed by atoms with E-state index in [2.05, 4.69) is 71.6 Å². The van der Waals surface area contributed by atoms with Crippen LogP contribution in [0.5, 0.6) is 0 Å². The van der Waals surface area contributed by atoms with Crippen LogP contribution in [-0.4, -0.2) is 60.7 Å². The van der Waals surface area contributed by atoms with E-state index in [1.54, 1.807) is 0 Å². The Morgan fingerprint density at radius 1 is 1.12 bits per heavy atom. The number of nitrogens with one attached hydrogen (secondary N) is 3.